The number of fused-ring (bicyclic) bond motifs is 1. The molecule has 0 aliphatic carbocycles. The van der Waals surface area contributed by atoms with Gasteiger partial charge in [0.05, 0.1) is 0 Å². The van der Waals surface area contributed by atoms with Gasteiger partial charge in [0.1, 0.15) is 17.5 Å². The second kappa shape index (κ2) is 6.39. The predicted molar refractivity (Wildman–Crippen MR) is 95.9 cm³/mol. The van der Waals surface area contributed by atoms with Crippen LogP contribution < -0.4 is 5.32 Å². The number of carbonyl (C=O) groups is 2. The lowest BCUT2D eigenvalue weighted by atomic mass is 9.95. The first kappa shape index (κ1) is 17.0. The molecule has 0 bridgehead atoms. The van der Waals surface area contributed by atoms with E-state index in [1.165, 1.54) is 0 Å². The van der Waals surface area contributed by atoms with Crippen molar-refractivity contribution >= 4 is 23.6 Å². The van der Waals surface area contributed by atoms with Gasteiger partial charge < -0.3 is 10.2 Å². The molecular formula is C17H20N6O2S. The molecule has 0 spiro atoms. The number of aromatic amines is 1. The van der Waals surface area contributed by atoms with Crippen molar-refractivity contribution in [3.63, 3.8) is 0 Å². The van der Waals surface area contributed by atoms with E-state index in [4.69, 9.17) is 0 Å². The third-order valence-electron chi connectivity index (χ3n) is 4.85. The molecule has 2 aromatic rings. The number of aryl methyl sites for hydroxylation is 1. The van der Waals surface area contributed by atoms with E-state index >= 15 is 0 Å². The third-order valence-corrected chi connectivity index (χ3v) is 6.42. The van der Waals surface area contributed by atoms with Crippen molar-refractivity contribution in [1.82, 2.24) is 30.8 Å². The average molecular weight is 372 g/mol. The number of nitrogens with zero attached hydrogens (tertiary/aromatic N) is 4. The number of H-pyrrole nitrogens is 1. The highest BCUT2D eigenvalue weighted by Crippen LogP contribution is 2.56. The number of hydrogen-bond acceptors (Lipinski definition) is 6. The minimum atomic E-state index is -0.487. The van der Waals surface area contributed by atoms with Crippen LogP contribution in [0, 0.1) is 0 Å². The molecule has 2 aliphatic rings. The van der Waals surface area contributed by atoms with E-state index in [-0.39, 0.29) is 28.0 Å². The Morgan fingerprint density at radius 3 is 2.81 bits per heavy atom. The standard InChI is InChI=1S/C17H20N6O2S/c1-17(2)13(14-19-21-22-20-14)23-15(25)12(16(23)26-17)18-11(24)9-8-10-6-4-3-5-7-10/h3-7,12-13,16H,8-9H2,1-2H3,(H,18,24)(H,19,20,21,22)/t12?,13?,16-/m0/s1. The number of aromatic nitrogens is 4. The maximum absolute atomic E-state index is 12.7. The van der Waals surface area contributed by atoms with Crippen LogP contribution in [0.4, 0.5) is 0 Å². The zero-order valence-electron chi connectivity index (χ0n) is 14.5. The number of tetrazole rings is 1. The molecule has 4 rings (SSSR count). The van der Waals surface area contributed by atoms with Crippen LogP contribution in [0.3, 0.4) is 0 Å². The van der Waals surface area contributed by atoms with Crippen LogP contribution in [-0.2, 0) is 16.0 Å². The van der Waals surface area contributed by atoms with E-state index in [0.717, 1.165) is 5.56 Å². The van der Waals surface area contributed by atoms with Crippen molar-refractivity contribution in [3.8, 4) is 0 Å². The lowest BCUT2D eigenvalue weighted by Gasteiger charge is -2.44. The monoisotopic (exact) mass is 372 g/mol. The molecule has 2 aliphatic heterocycles. The SMILES string of the molecule is CC1(C)S[C@H]2C(NC(=O)CCc3ccccc3)C(=O)N2C1c1nn[nH]n1. The fourth-order valence-electron chi connectivity index (χ4n) is 3.60. The molecule has 2 saturated heterocycles. The Labute approximate surface area is 155 Å². The highest BCUT2D eigenvalue weighted by molar-refractivity contribution is 8.01. The molecule has 136 valence electrons. The maximum atomic E-state index is 12.7. The van der Waals surface area contributed by atoms with Gasteiger partial charge in [-0.05, 0) is 25.8 Å². The van der Waals surface area contributed by atoms with Gasteiger partial charge in [0, 0.05) is 11.2 Å². The number of benzene rings is 1. The van der Waals surface area contributed by atoms with Crippen molar-refractivity contribution in [2.75, 3.05) is 0 Å². The van der Waals surface area contributed by atoms with Crippen molar-refractivity contribution in [2.45, 2.75) is 48.9 Å². The number of rotatable bonds is 5. The van der Waals surface area contributed by atoms with Gasteiger partial charge in [-0.3, -0.25) is 9.59 Å². The van der Waals surface area contributed by atoms with Crippen molar-refractivity contribution in [3.05, 3.63) is 41.7 Å². The Morgan fingerprint density at radius 1 is 1.35 bits per heavy atom. The van der Waals surface area contributed by atoms with E-state index in [0.29, 0.717) is 18.7 Å². The molecule has 3 atom stereocenters. The van der Waals surface area contributed by atoms with Crippen LogP contribution in [0.5, 0.6) is 0 Å². The fourth-order valence-corrected chi connectivity index (χ4v) is 5.23. The normalized spacial score (nSPS) is 26.3. The molecule has 0 radical (unpaired) electrons. The minimum Gasteiger partial charge on any atom is -0.342 e. The first-order chi connectivity index (χ1) is 12.5. The Hall–Kier alpha value is -2.42. The first-order valence-corrected chi connectivity index (χ1v) is 9.42. The van der Waals surface area contributed by atoms with Gasteiger partial charge in [0.15, 0.2) is 5.82 Å². The van der Waals surface area contributed by atoms with Gasteiger partial charge in [0.25, 0.3) is 0 Å². The molecule has 2 N–H and O–H groups in total. The Morgan fingerprint density at radius 2 is 2.12 bits per heavy atom. The number of carbonyl (C=O) groups excluding carboxylic acids is 2. The summed E-state index contributed by atoms with van der Waals surface area (Å²) in [6.07, 6.45) is 1.02. The highest BCUT2D eigenvalue weighted by Gasteiger charge is 2.63. The van der Waals surface area contributed by atoms with Gasteiger partial charge in [-0.2, -0.15) is 5.21 Å². The summed E-state index contributed by atoms with van der Waals surface area (Å²) in [6, 6.07) is 9.11. The van der Waals surface area contributed by atoms with Crippen molar-refractivity contribution in [2.24, 2.45) is 0 Å². The van der Waals surface area contributed by atoms with Crippen molar-refractivity contribution in [1.29, 1.82) is 0 Å². The molecule has 1 aromatic heterocycles. The van der Waals surface area contributed by atoms with Gasteiger partial charge in [-0.25, -0.2) is 0 Å². The summed E-state index contributed by atoms with van der Waals surface area (Å²) in [6.45, 7) is 4.11. The Balaban J connectivity index is 1.40. The summed E-state index contributed by atoms with van der Waals surface area (Å²) < 4.78 is -0.256. The topological polar surface area (TPSA) is 104 Å². The molecule has 2 unspecified atom stereocenters. The molecule has 2 amide bonds. The molecule has 9 heteroatoms. The molecule has 2 fully saturated rings. The van der Waals surface area contributed by atoms with E-state index < -0.39 is 6.04 Å². The van der Waals surface area contributed by atoms with E-state index in [1.54, 1.807) is 16.7 Å². The second-order valence-electron chi connectivity index (χ2n) is 7.06. The fraction of sp³-hybridized carbons (Fsp3) is 0.471. The lowest BCUT2D eigenvalue weighted by Crippen LogP contribution is -2.67. The quantitative estimate of drug-likeness (QED) is 0.761. The maximum Gasteiger partial charge on any atom is 0.249 e. The smallest absolute Gasteiger partial charge is 0.249 e. The second-order valence-corrected chi connectivity index (χ2v) is 8.83. The summed E-state index contributed by atoms with van der Waals surface area (Å²) >= 11 is 1.66. The molecule has 0 saturated carbocycles. The zero-order valence-corrected chi connectivity index (χ0v) is 15.4. The number of thioether (sulfide) groups is 1. The molecular weight excluding hydrogens is 352 g/mol. The van der Waals surface area contributed by atoms with Crippen LogP contribution in [0.15, 0.2) is 30.3 Å². The zero-order chi connectivity index (χ0) is 18.3. The minimum absolute atomic E-state index is 0.0871. The van der Waals surface area contributed by atoms with E-state index in [9.17, 15) is 9.59 Å². The number of amides is 2. The van der Waals surface area contributed by atoms with Crippen LogP contribution >= 0.6 is 11.8 Å². The molecule has 3 heterocycles. The van der Waals surface area contributed by atoms with Crippen LogP contribution in [0.1, 0.15) is 37.7 Å². The van der Waals surface area contributed by atoms with E-state index in [1.807, 2.05) is 30.3 Å². The van der Waals surface area contributed by atoms with Crippen LogP contribution in [-0.4, -0.2) is 53.5 Å². The van der Waals surface area contributed by atoms with Gasteiger partial charge >= 0.3 is 0 Å². The van der Waals surface area contributed by atoms with Gasteiger partial charge in [-0.15, -0.1) is 22.0 Å². The Bertz CT molecular complexity index is 810. The molecule has 1 aromatic carbocycles. The van der Waals surface area contributed by atoms with Crippen LogP contribution in [0.25, 0.3) is 0 Å². The van der Waals surface area contributed by atoms with Gasteiger partial charge in [-0.1, -0.05) is 35.5 Å². The molecule has 8 nitrogen and oxygen atoms in total. The first-order valence-electron chi connectivity index (χ1n) is 8.54. The summed E-state index contributed by atoms with van der Waals surface area (Å²) in [7, 11) is 0. The summed E-state index contributed by atoms with van der Waals surface area (Å²) in [5.41, 5.74) is 1.11. The highest BCUT2D eigenvalue weighted by atomic mass is 32.2. The average Bonchev–Trinajstić information content (AvgIpc) is 3.23. The third kappa shape index (κ3) is 2.86. The summed E-state index contributed by atoms with van der Waals surface area (Å²) in [4.78, 5) is 26.7. The number of β-lactam (4-membered cyclic amide) rings is 1. The number of nitrogens with one attached hydrogen (secondary N) is 2. The lowest BCUT2D eigenvalue weighted by molar-refractivity contribution is -0.151. The van der Waals surface area contributed by atoms with Gasteiger partial charge in [0.2, 0.25) is 11.8 Å². The van der Waals surface area contributed by atoms with Crippen LogP contribution in [0.2, 0.25) is 0 Å². The summed E-state index contributed by atoms with van der Waals surface area (Å²) in [5.74, 6) is 0.316. The van der Waals surface area contributed by atoms with E-state index in [2.05, 4.69) is 39.8 Å². The summed E-state index contributed by atoms with van der Waals surface area (Å²) in [5, 5.41) is 17.0. The molecule has 26 heavy (non-hydrogen) atoms. The predicted octanol–water partition coefficient (Wildman–Crippen LogP) is 1.05. The largest absolute Gasteiger partial charge is 0.342 e. The Kier molecular flexibility index (Phi) is 4.18. The number of hydrogen-bond donors (Lipinski definition) is 2. The van der Waals surface area contributed by atoms with Crippen molar-refractivity contribution < 1.29 is 9.59 Å².